The summed E-state index contributed by atoms with van der Waals surface area (Å²) in [5, 5.41) is 0. The number of carbonyl (C=O) groups is 1. The van der Waals surface area contributed by atoms with Gasteiger partial charge in [0.25, 0.3) is 5.91 Å². The predicted molar refractivity (Wildman–Crippen MR) is 104 cm³/mol. The maximum absolute atomic E-state index is 13.1. The fraction of sp³-hybridized carbons (Fsp3) is 0.650. The molecule has 6 nitrogen and oxygen atoms in total. The molecule has 1 heterocycles. The van der Waals surface area contributed by atoms with Crippen molar-refractivity contribution < 1.29 is 17.9 Å². The highest BCUT2D eigenvalue weighted by Gasteiger charge is 2.33. The Balaban J connectivity index is 1.81. The van der Waals surface area contributed by atoms with Crippen molar-refractivity contribution in [3.63, 3.8) is 0 Å². The number of nitrogens with zero attached hydrogens (tertiary/aromatic N) is 2. The third kappa shape index (κ3) is 4.52. The van der Waals surface area contributed by atoms with Gasteiger partial charge in [0.1, 0.15) is 0 Å². The summed E-state index contributed by atoms with van der Waals surface area (Å²) in [4.78, 5) is 14.9. The lowest BCUT2D eigenvalue weighted by Crippen LogP contribution is -2.48. The maximum Gasteiger partial charge on any atom is 0.253 e. The van der Waals surface area contributed by atoms with Gasteiger partial charge in [-0.15, -0.1) is 0 Å². The first-order valence-electron chi connectivity index (χ1n) is 9.82. The van der Waals surface area contributed by atoms with Crippen molar-refractivity contribution in [2.24, 2.45) is 0 Å². The predicted octanol–water partition coefficient (Wildman–Crippen LogP) is 2.89. The molecule has 27 heavy (non-hydrogen) atoms. The van der Waals surface area contributed by atoms with Crippen molar-refractivity contribution in [1.29, 1.82) is 0 Å². The smallest absolute Gasteiger partial charge is 0.253 e. The van der Waals surface area contributed by atoms with Gasteiger partial charge < -0.3 is 9.64 Å². The molecule has 1 amide bonds. The summed E-state index contributed by atoms with van der Waals surface area (Å²) < 4.78 is 33.2. The van der Waals surface area contributed by atoms with Gasteiger partial charge in [0.15, 0.2) is 0 Å². The van der Waals surface area contributed by atoms with Crippen molar-refractivity contribution >= 4 is 15.9 Å². The van der Waals surface area contributed by atoms with Crippen molar-refractivity contribution in [2.75, 3.05) is 20.1 Å². The first kappa shape index (κ1) is 20.3. The van der Waals surface area contributed by atoms with Crippen molar-refractivity contribution in [1.82, 2.24) is 9.21 Å². The second-order valence-electron chi connectivity index (χ2n) is 7.82. The molecular weight excluding hydrogens is 364 g/mol. The molecule has 7 heteroatoms. The standard InChI is InChI=1S/C20H30N2O4S/c1-15-13-22(14-16(2)26-15)27(24,25)19-11-7-8-17(12-19)20(23)21(3)18-9-5-4-6-10-18/h7-8,11-12,15-16,18H,4-6,9-10,13-14H2,1-3H3/t15-,16-/m1/s1. The van der Waals surface area contributed by atoms with Gasteiger partial charge in [0, 0.05) is 31.7 Å². The SMILES string of the molecule is C[C@@H]1CN(S(=O)(=O)c2cccc(C(=O)N(C)C3CCCCC3)c2)C[C@@H](C)O1. The quantitative estimate of drug-likeness (QED) is 0.788. The number of sulfonamides is 1. The largest absolute Gasteiger partial charge is 0.373 e. The molecule has 1 aromatic carbocycles. The number of rotatable bonds is 4. The normalized spacial score (nSPS) is 25.3. The summed E-state index contributed by atoms with van der Waals surface area (Å²) in [6.07, 6.45) is 5.25. The molecule has 150 valence electrons. The molecular formula is C20H30N2O4S. The molecule has 0 radical (unpaired) electrons. The van der Waals surface area contributed by atoms with Crippen molar-refractivity contribution in [2.45, 2.75) is 69.1 Å². The van der Waals surface area contributed by atoms with Crippen LogP contribution < -0.4 is 0 Å². The minimum Gasteiger partial charge on any atom is -0.373 e. The molecule has 3 rings (SSSR count). The fourth-order valence-corrected chi connectivity index (χ4v) is 5.74. The highest BCUT2D eigenvalue weighted by atomic mass is 32.2. The lowest BCUT2D eigenvalue weighted by atomic mass is 9.94. The Hall–Kier alpha value is -1.44. The topological polar surface area (TPSA) is 66.9 Å². The molecule has 0 bridgehead atoms. The minimum absolute atomic E-state index is 0.109. The number of hydrogen-bond acceptors (Lipinski definition) is 4. The van der Waals surface area contributed by atoms with Crippen LogP contribution in [0, 0.1) is 0 Å². The van der Waals surface area contributed by atoms with E-state index in [4.69, 9.17) is 4.74 Å². The molecule has 1 saturated heterocycles. The van der Waals surface area contributed by atoms with Gasteiger partial charge in [-0.3, -0.25) is 4.79 Å². The Kier molecular flexibility index (Phi) is 6.23. The monoisotopic (exact) mass is 394 g/mol. The van der Waals surface area contributed by atoms with E-state index >= 15 is 0 Å². The molecule has 0 aromatic heterocycles. The van der Waals surface area contributed by atoms with E-state index in [2.05, 4.69) is 0 Å². The number of amides is 1. The Morgan fingerprint density at radius 2 is 1.74 bits per heavy atom. The molecule has 0 unspecified atom stereocenters. The van der Waals surface area contributed by atoms with E-state index in [9.17, 15) is 13.2 Å². The summed E-state index contributed by atoms with van der Waals surface area (Å²) in [6.45, 7) is 4.40. The lowest BCUT2D eigenvalue weighted by molar-refractivity contribution is -0.0440. The van der Waals surface area contributed by atoms with Gasteiger partial charge in [-0.1, -0.05) is 25.3 Å². The van der Waals surface area contributed by atoms with Crippen molar-refractivity contribution in [3.8, 4) is 0 Å². The second kappa shape index (κ2) is 8.29. The summed E-state index contributed by atoms with van der Waals surface area (Å²) >= 11 is 0. The van der Waals surface area contributed by atoms with E-state index in [0.717, 1.165) is 25.7 Å². The number of hydrogen-bond donors (Lipinski definition) is 0. The molecule has 0 N–H and O–H groups in total. The van der Waals surface area contributed by atoms with Gasteiger partial charge >= 0.3 is 0 Å². The summed E-state index contributed by atoms with van der Waals surface area (Å²) in [7, 11) is -1.83. The van der Waals surface area contributed by atoms with E-state index in [1.807, 2.05) is 20.9 Å². The van der Waals surface area contributed by atoms with E-state index in [1.54, 1.807) is 23.1 Å². The van der Waals surface area contributed by atoms with Gasteiger partial charge in [0.2, 0.25) is 10.0 Å². The molecule has 2 fully saturated rings. The second-order valence-corrected chi connectivity index (χ2v) is 9.75. The number of ether oxygens (including phenoxy) is 1. The van der Waals surface area contributed by atoms with Crippen LogP contribution in [0.3, 0.4) is 0 Å². The van der Waals surface area contributed by atoms with Crippen LogP contribution >= 0.6 is 0 Å². The van der Waals surface area contributed by atoms with Gasteiger partial charge in [-0.2, -0.15) is 4.31 Å². The lowest BCUT2D eigenvalue weighted by Gasteiger charge is -2.34. The first-order valence-corrected chi connectivity index (χ1v) is 11.3. The van der Waals surface area contributed by atoms with Crippen LogP contribution in [0.2, 0.25) is 0 Å². The molecule has 0 spiro atoms. The number of carbonyl (C=O) groups excluding carboxylic acids is 1. The zero-order valence-electron chi connectivity index (χ0n) is 16.4. The molecule has 1 aromatic rings. The Labute approximate surface area is 162 Å². The third-order valence-electron chi connectivity index (χ3n) is 5.55. The minimum atomic E-state index is -3.65. The van der Waals surface area contributed by atoms with Crippen LogP contribution in [0.4, 0.5) is 0 Å². The fourth-order valence-electron chi connectivity index (χ4n) is 4.10. The zero-order chi connectivity index (χ0) is 19.6. The highest BCUT2D eigenvalue weighted by Crippen LogP contribution is 2.25. The van der Waals surface area contributed by atoms with Crippen LogP contribution in [0.1, 0.15) is 56.3 Å². The van der Waals surface area contributed by atoms with E-state index in [-0.39, 0.29) is 29.1 Å². The van der Waals surface area contributed by atoms with E-state index in [1.165, 1.54) is 16.8 Å². The first-order chi connectivity index (χ1) is 12.8. The molecule has 1 saturated carbocycles. The van der Waals surface area contributed by atoms with E-state index in [0.29, 0.717) is 18.7 Å². The third-order valence-corrected chi connectivity index (χ3v) is 7.38. The van der Waals surface area contributed by atoms with Gasteiger partial charge in [-0.05, 0) is 44.9 Å². The van der Waals surface area contributed by atoms with E-state index < -0.39 is 10.0 Å². The van der Waals surface area contributed by atoms with Gasteiger partial charge in [0.05, 0.1) is 17.1 Å². The number of morpholine rings is 1. The average molecular weight is 395 g/mol. The Bertz CT molecular complexity index is 764. The van der Waals surface area contributed by atoms with Crippen LogP contribution in [0.15, 0.2) is 29.2 Å². The summed E-state index contributed by atoms with van der Waals surface area (Å²) in [5.41, 5.74) is 0.429. The van der Waals surface area contributed by atoms with Crippen LogP contribution in [0.5, 0.6) is 0 Å². The molecule has 2 aliphatic rings. The summed E-state index contributed by atoms with van der Waals surface area (Å²) in [5.74, 6) is -0.109. The Morgan fingerprint density at radius 3 is 2.37 bits per heavy atom. The Morgan fingerprint density at radius 1 is 1.11 bits per heavy atom. The summed E-state index contributed by atoms with van der Waals surface area (Å²) in [6, 6.07) is 6.68. The molecule has 1 aliphatic carbocycles. The van der Waals surface area contributed by atoms with Crippen molar-refractivity contribution in [3.05, 3.63) is 29.8 Å². The average Bonchev–Trinajstić information content (AvgIpc) is 2.67. The maximum atomic E-state index is 13.1. The van der Waals surface area contributed by atoms with Gasteiger partial charge in [-0.25, -0.2) is 8.42 Å². The number of benzene rings is 1. The molecule has 1 aliphatic heterocycles. The van der Waals surface area contributed by atoms with Crippen LogP contribution in [-0.4, -0.2) is 61.9 Å². The molecule has 2 atom stereocenters. The van der Waals surface area contributed by atoms with Crippen LogP contribution in [0.25, 0.3) is 0 Å². The van der Waals surface area contributed by atoms with Crippen LogP contribution in [-0.2, 0) is 14.8 Å². The zero-order valence-corrected chi connectivity index (χ0v) is 17.2. The highest BCUT2D eigenvalue weighted by molar-refractivity contribution is 7.89.